The van der Waals surface area contributed by atoms with Crippen LogP contribution in [-0.4, -0.2) is 39.1 Å². The quantitative estimate of drug-likeness (QED) is 0.495. The lowest BCUT2D eigenvalue weighted by molar-refractivity contribution is -0.117. The minimum atomic E-state index is -0.995. The number of ketones is 1. The van der Waals surface area contributed by atoms with Crippen molar-refractivity contribution in [2.75, 3.05) is 12.9 Å². The Labute approximate surface area is 163 Å². The van der Waals surface area contributed by atoms with E-state index >= 15 is 0 Å². The summed E-state index contributed by atoms with van der Waals surface area (Å²) in [5.41, 5.74) is 0.984. The lowest BCUT2D eigenvalue weighted by Gasteiger charge is -2.10. The van der Waals surface area contributed by atoms with Gasteiger partial charge in [0.15, 0.2) is 16.8 Å². The number of Topliss-reactive ketones (excluding diaryl/α,β-unsaturated/α-hetero) is 1. The Morgan fingerprint density at radius 2 is 2.07 bits per heavy atom. The van der Waals surface area contributed by atoms with Gasteiger partial charge in [-0.25, -0.2) is 0 Å². The van der Waals surface area contributed by atoms with Crippen LogP contribution in [0.4, 0.5) is 0 Å². The third-order valence-electron chi connectivity index (χ3n) is 4.03. The number of carbonyl (C=O) groups is 1. The van der Waals surface area contributed by atoms with Gasteiger partial charge in [0.05, 0.1) is 18.9 Å². The Morgan fingerprint density at radius 3 is 2.63 bits per heavy atom. The number of nitrogens with zero attached hydrogens (tertiary/aromatic N) is 4. The van der Waals surface area contributed by atoms with Crippen LogP contribution < -0.4 is 4.74 Å². The largest absolute Gasteiger partial charge is 0.497 e. The Morgan fingerprint density at radius 1 is 1.37 bits per heavy atom. The van der Waals surface area contributed by atoms with Gasteiger partial charge in [-0.2, -0.15) is 5.26 Å². The van der Waals surface area contributed by atoms with E-state index < -0.39 is 5.92 Å². The molecule has 1 aromatic heterocycles. The molecule has 2 rings (SSSR count). The summed E-state index contributed by atoms with van der Waals surface area (Å²) in [5.74, 6) is 0.308. The standard InChI is InChI=1S/C19H23N5O2S/c1-4-5-10-24-18(14-6-8-15(26-3)9-7-14)22-23-19(24)27-12-17(25)16(11-20)13(2)21/h6-9,16,21H,4-5,10,12H2,1-3H3/t16-/m0/s1. The first kappa shape index (κ1) is 20.6. The van der Waals surface area contributed by atoms with Gasteiger partial charge in [-0.1, -0.05) is 25.1 Å². The van der Waals surface area contributed by atoms with Crippen molar-refractivity contribution in [1.29, 1.82) is 10.7 Å². The Kier molecular flexibility index (Phi) is 7.55. The van der Waals surface area contributed by atoms with Crippen LogP contribution in [0.3, 0.4) is 0 Å². The third-order valence-corrected chi connectivity index (χ3v) is 5.02. The fraction of sp³-hybridized carbons (Fsp3) is 0.421. The maximum atomic E-state index is 12.2. The molecule has 0 amide bonds. The molecule has 0 unspecified atom stereocenters. The molecule has 7 nitrogen and oxygen atoms in total. The average molecular weight is 385 g/mol. The Bertz CT molecular complexity index is 839. The SMILES string of the molecule is CCCCn1c(SCC(=O)[C@@H](C#N)C(C)=N)nnc1-c1ccc(OC)cc1. The van der Waals surface area contributed by atoms with Gasteiger partial charge in [0.25, 0.3) is 0 Å². The summed E-state index contributed by atoms with van der Waals surface area (Å²) in [4.78, 5) is 12.2. The number of hydrogen-bond donors (Lipinski definition) is 1. The first-order chi connectivity index (χ1) is 13.0. The number of carbonyl (C=O) groups excluding carboxylic acids is 1. The Balaban J connectivity index is 2.23. The molecule has 1 aromatic carbocycles. The van der Waals surface area contributed by atoms with Crippen molar-refractivity contribution in [2.24, 2.45) is 5.92 Å². The maximum absolute atomic E-state index is 12.2. The molecule has 1 heterocycles. The van der Waals surface area contributed by atoms with Gasteiger partial charge in [0, 0.05) is 17.8 Å². The second kappa shape index (κ2) is 9.88. The van der Waals surface area contributed by atoms with E-state index in [0.717, 1.165) is 36.5 Å². The minimum Gasteiger partial charge on any atom is -0.497 e. The van der Waals surface area contributed by atoms with Crippen molar-refractivity contribution >= 4 is 23.3 Å². The van der Waals surface area contributed by atoms with E-state index in [1.54, 1.807) is 7.11 Å². The summed E-state index contributed by atoms with van der Waals surface area (Å²) in [6.45, 7) is 4.33. The highest BCUT2D eigenvalue weighted by molar-refractivity contribution is 7.99. The minimum absolute atomic E-state index is 0.0643. The lowest BCUT2D eigenvalue weighted by atomic mass is 10.0. The summed E-state index contributed by atoms with van der Waals surface area (Å²) in [7, 11) is 1.62. The number of nitrogens with one attached hydrogen (secondary N) is 1. The first-order valence-corrected chi connectivity index (χ1v) is 9.68. The van der Waals surface area contributed by atoms with Crippen LogP contribution in [0.25, 0.3) is 11.4 Å². The summed E-state index contributed by atoms with van der Waals surface area (Å²) in [6.07, 6.45) is 1.98. The van der Waals surface area contributed by atoms with Gasteiger partial charge >= 0.3 is 0 Å². The molecule has 1 N–H and O–H groups in total. The Hall–Kier alpha value is -2.66. The van der Waals surface area contributed by atoms with E-state index in [9.17, 15) is 4.79 Å². The lowest BCUT2D eigenvalue weighted by Crippen LogP contribution is -2.21. The zero-order chi connectivity index (χ0) is 19.8. The molecule has 0 fully saturated rings. The van der Waals surface area contributed by atoms with Crippen molar-refractivity contribution in [1.82, 2.24) is 14.8 Å². The van der Waals surface area contributed by atoms with Crippen LogP contribution in [0, 0.1) is 22.7 Å². The number of thioether (sulfide) groups is 1. The van der Waals surface area contributed by atoms with Crippen molar-refractivity contribution in [3.8, 4) is 23.2 Å². The fourth-order valence-corrected chi connectivity index (χ4v) is 3.37. The molecule has 142 valence electrons. The van der Waals surface area contributed by atoms with Gasteiger partial charge in [0.2, 0.25) is 0 Å². The van der Waals surface area contributed by atoms with E-state index in [1.807, 2.05) is 34.9 Å². The van der Waals surface area contributed by atoms with Gasteiger partial charge in [0.1, 0.15) is 11.7 Å². The van der Waals surface area contributed by atoms with Crippen LogP contribution in [-0.2, 0) is 11.3 Å². The molecular weight excluding hydrogens is 362 g/mol. The van der Waals surface area contributed by atoms with Crippen molar-refractivity contribution in [2.45, 2.75) is 38.4 Å². The number of rotatable bonds is 10. The van der Waals surface area contributed by atoms with Gasteiger partial charge in [-0.15, -0.1) is 10.2 Å². The number of aromatic nitrogens is 3. The molecule has 0 radical (unpaired) electrons. The number of unbranched alkanes of at least 4 members (excludes halogenated alkanes) is 1. The van der Waals surface area contributed by atoms with E-state index in [-0.39, 0.29) is 17.2 Å². The van der Waals surface area contributed by atoms with Crippen LogP contribution >= 0.6 is 11.8 Å². The number of benzene rings is 1. The van der Waals surface area contributed by atoms with E-state index in [0.29, 0.717) is 5.16 Å². The van der Waals surface area contributed by atoms with Gasteiger partial charge in [-0.05, 0) is 37.6 Å². The molecular formula is C19H23N5O2S. The number of ether oxygens (including phenoxy) is 1. The molecule has 0 aliphatic carbocycles. The zero-order valence-corrected chi connectivity index (χ0v) is 16.5. The normalized spacial score (nSPS) is 11.6. The molecule has 0 spiro atoms. The second-order valence-electron chi connectivity index (χ2n) is 6.04. The number of hydrogen-bond acceptors (Lipinski definition) is 7. The van der Waals surface area contributed by atoms with E-state index in [2.05, 4.69) is 17.1 Å². The maximum Gasteiger partial charge on any atom is 0.191 e. The molecule has 2 aromatic rings. The van der Waals surface area contributed by atoms with E-state index in [4.69, 9.17) is 15.4 Å². The van der Waals surface area contributed by atoms with Crippen LogP contribution in [0.15, 0.2) is 29.4 Å². The predicted octanol–water partition coefficient (Wildman–Crippen LogP) is 3.59. The molecule has 0 aliphatic rings. The van der Waals surface area contributed by atoms with Gasteiger partial charge < -0.3 is 14.7 Å². The van der Waals surface area contributed by atoms with Crippen LogP contribution in [0.5, 0.6) is 5.75 Å². The average Bonchev–Trinajstić information content (AvgIpc) is 3.07. The summed E-state index contributed by atoms with van der Waals surface area (Å²) >= 11 is 1.26. The molecule has 0 saturated heterocycles. The molecule has 0 saturated carbocycles. The van der Waals surface area contributed by atoms with Crippen molar-refractivity contribution in [3.05, 3.63) is 24.3 Å². The van der Waals surface area contributed by atoms with Crippen LogP contribution in [0.2, 0.25) is 0 Å². The van der Waals surface area contributed by atoms with Crippen molar-refractivity contribution in [3.63, 3.8) is 0 Å². The number of nitriles is 1. The third kappa shape index (κ3) is 5.17. The highest BCUT2D eigenvalue weighted by Gasteiger charge is 2.22. The smallest absolute Gasteiger partial charge is 0.191 e. The molecule has 8 heteroatoms. The molecule has 0 aliphatic heterocycles. The summed E-state index contributed by atoms with van der Waals surface area (Å²) in [5, 5.41) is 25.8. The molecule has 27 heavy (non-hydrogen) atoms. The van der Waals surface area contributed by atoms with Crippen molar-refractivity contribution < 1.29 is 9.53 Å². The number of methoxy groups -OCH3 is 1. The topological polar surface area (TPSA) is 105 Å². The summed E-state index contributed by atoms with van der Waals surface area (Å²) in [6, 6.07) is 9.48. The van der Waals surface area contributed by atoms with Gasteiger partial charge in [-0.3, -0.25) is 4.79 Å². The van der Waals surface area contributed by atoms with E-state index in [1.165, 1.54) is 18.7 Å². The monoisotopic (exact) mass is 385 g/mol. The fourth-order valence-electron chi connectivity index (χ4n) is 2.50. The molecule has 0 bridgehead atoms. The van der Waals surface area contributed by atoms with Crippen LogP contribution in [0.1, 0.15) is 26.7 Å². The zero-order valence-electron chi connectivity index (χ0n) is 15.7. The molecule has 1 atom stereocenters. The second-order valence-corrected chi connectivity index (χ2v) is 6.98. The first-order valence-electron chi connectivity index (χ1n) is 8.69. The predicted molar refractivity (Wildman–Crippen MR) is 105 cm³/mol. The summed E-state index contributed by atoms with van der Waals surface area (Å²) < 4.78 is 7.20. The highest BCUT2D eigenvalue weighted by Crippen LogP contribution is 2.26. The highest BCUT2D eigenvalue weighted by atomic mass is 32.2.